The Morgan fingerprint density at radius 2 is 2.00 bits per heavy atom. The van der Waals surface area contributed by atoms with E-state index in [1.165, 1.54) is 12.1 Å². The molecule has 0 heterocycles. The molecule has 0 aliphatic heterocycles. The van der Waals surface area contributed by atoms with Crippen molar-refractivity contribution in [1.29, 1.82) is 0 Å². The van der Waals surface area contributed by atoms with Gasteiger partial charge >= 0.3 is 6.18 Å². The first-order valence-corrected chi connectivity index (χ1v) is 6.73. The van der Waals surface area contributed by atoms with Gasteiger partial charge in [-0.1, -0.05) is 6.07 Å². The predicted octanol–water partition coefficient (Wildman–Crippen LogP) is 3.51. The van der Waals surface area contributed by atoms with Crippen LogP contribution in [0.4, 0.5) is 13.2 Å². The molecule has 19 heavy (non-hydrogen) atoms. The quantitative estimate of drug-likeness (QED) is 0.596. The molecule has 1 atom stereocenters. The summed E-state index contributed by atoms with van der Waals surface area (Å²) in [4.78, 5) is 0. The molecule has 0 radical (unpaired) electrons. The standard InChI is InChI=1S/C13H18F3NOS/c14-13(15,16)10-4-3-6-12(8-10)18-7-2-1-5-11(17)9-19/h3-4,6,8,11,19H,1-2,5,7,9,17H2/t11-/m1/s1. The Morgan fingerprint density at radius 3 is 2.63 bits per heavy atom. The predicted molar refractivity (Wildman–Crippen MR) is 72.6 cm³/mol. The highest BCUT2D eigenvalue weighted by Crippen LogP contribution is 2.31. The maximum Gasteiger partial charge on any atom is 0.416 e. The Hall–Kier alpha value is -0.880. The summed E-state index contributed by atoms with van der Waals surface area (Å²) in [5.41, 5.74) is 5.00. The molecule has 0 saturated heterocycles. The number of nitrogens with two attached hydrogens (primary N) is 1. The highest BCUT2D eigenvalue weighted by Gasteiger charge is 2.30. The van der Waals surface area contributed by atoms with Crippen LogP contribution in [0.2, 0.25) is 0 Å². The molecule has 6 heteroatoms. The van der Waals surface area contributed by atoms with Crippen molar-refractivity contribution in [3.63, 3.8) is 0 Å². The third-order valence-electron chi connectivity index (χ3n) is 2.63. The highest BCUT2D eigenvalue weighted by atomic mass is 32.1. The maximum absolute atomic E-state index is 12.5. The summed E-state index contributed by atoms with van der Waals surface area (Å²) < 4.78 is 42.7. The highest BCUT2D eigenvalue weighted by molar-refractivity contribution is 7.80. The number of hydrogen-bond donors (Lipinski definition) is 2. The fourth-order valence-corrected chi connectivity index (χ4v) is 1.73. The third-order valence-corrected chi connectivity index (χ3v) is 3.10. The molecular weight excluding hydrogens is 275 g/mol. The Morgan fingerprint density at radius 1 is 1.26 bits per heavy atom. The van der Waals surface area contributed by atoms with Gasteiger partial charge in [-0.15, -0.1) is 0 Å². The molecular formula is C13H18F3NOS. The van der Waals surface area contributed by atoms with Gasteiger partial charge in [-0.05, 0) is 37.5 Å². The van der Waals surface area contributed by atoms with Crippen LogP contribution in [0.25, 0.3) is 0 Å². The van der Waals surface area contributed by atoms with E-state index >= 15 is 0 Å². The van der Waals surface area contributed by atoms with Crippen LogP contribution >= 0.6 is 12.6 Å². The van der Waals surface area contributed by atoms with Gasteiger partial charge in [0.15, 0.2) is 0 Å². The lowest BCUT2D eigenvalue weighted by atomic mass is 10.1. The smallest absolute Gasteiger partial charge is 0.416 e. The molecule has 1 aromatic carbocycles. The van der Waals surface area contributed by atoms with Crippen molar-refractivity contribution < 1.29 is 17.9 Å². The molecule has 0 amide bonds. The topological polar surface area (TPSA) is 35.2 Å². The Labute approximate surface area is 116 Å². The molecule has 0 aliphatic carbocycles. The lowest BCUT2D eigenvalue weighted by molar-refractivity contribution is -0.137. The number of hydrogen-bond acceptors (Lipinski definition) is 3. The average Bonchev–Trinajstić information content (AvgIpc) is 2.37. The average molecular weight is 293 g/mol. The molecule has 2 nitrogen and oxygen atoms in total. The maximum atomic E-state index is 12.5. The van der Waals surface area contributed by atoms with Gasteiger partial charge in [-0.3, -0.25) is 0 Å². The van der Waals surface area contributed by atoms with E-state index in [1.807, 2.05) is 0 Å². The van der Waals surface area contributed by atoms with Gasteiger partial charge in [0.2, 0.25) is 0 Å². The lowest BCUT2D eigenvalue weighted by Gasteiger charge is -2.11. The summed E-state index contributed by atoms with van der Waals surface area (Å²) in [5.74, 6) is 0.877. The van der Waals surface area contributed by atoms with Crippen molar-refractivity contribution in [3.05, 3.63) is 29.8 Å². The van der Waals surface area contributed by atoms with Crippen LogP contribution < -0.4 is 10.5 Å². The number of halogens is 3. The van der Waals surface area contributed by atoms with Gasteiger partial charge in [-0.2, -0.15) is 25.8 Å². The summed E-state index contributed by atoms with van der Waals surface area (Å²) in [6, 6.07) is 4.97. The van der Waals surface area contributed by atoms with E-state index in [0.717, 1.165) is 31.4 Å². The van der Waals surface area contributed by atoms with Crippen LogP contribution in [0.3, 0.4) is 0 Å². The molecule has 0 aliphatic rings. The van der Waals surface area contributed by atoms with E-state index in [-0.39, 0.29) is 11.8 Å². The molecule has 0 spiro atoms. The second-order valence-electron chi connectivity index (χ2n) is 4.31. The largest absolute Gasteiger partial charge is 0.494 e. The van der Waals surface area contributed by atoms with Crippen LogP contribution in [-0.2, 0) is 6.18 Å². The van der Waals surface area contributed by atoms with E-state index in [1.54, 1.807) is 0 Å². The summed E-state index contributed by atoms with van der Waals surface area (Å²) in [5, 5.41) is 0. The molecule has 0 bridgehead atoms. The minimum absolute atomic E-state index is 0.0666. The Bertz CT molecular complexity index is 384. The molecule has 0 saturated carbocycles. The third kappa shape index (κ3) is 6.20. The van der Waals surface area contributed by atoms with Gasteiger partial charge in [0, 0.05) is 11.8 Å². The van der Waals surface area contributed by atoms with Crippen LogP contribution in [-0.4, -0.2) is 18.4 Å². The van der Waals surface area contributed by atoms with Crippen LogP contribution in [0, 0.1) is 0 Å². The van der Waals surface area contributed by atoms with E-state index in [4.69, 9.17) is 10.5 Å². The van der Waals surface area contributed by atoms with E-state index < -0.39 is 11.7 Å². The molecule has 0 unspecified atom stereocenters. The first-order chi connectivity index (χ1) is 8.93. The summed E-state index contributed by atoms with van der Waals surface area (Å²) in [7, 11) is 0. The minimum atomic E-state index is -4.33. The number of thiol groups is 1. The van der Waals surface area contributed by atoms with E-state index in [2.05, 4.69) is 12.6 Å². The van der Waals surface area contributed by atoms with E-state index in [9.17, 15) is 13.2 Å². The molecule has 0 aromatic heterocycles. The van der Waals surface area contributed by atoms with Crippen LogP contribution in [0.1, 0.15) is 24.8 Å². The zero-order valence-electron chi connectivity index (χ0n) is 10.5. The van der Waals surface area contributed by atoms with Crippen LogP contribution in [0.15, 0.2) is 24.3 Å². The number of unbranched alkanes of at least 4 members (excludes halogenated alkanes) is 1. The van der Waals surface area contributed by atoms with Crippen molar-refractivity contribution in [2.75, 3.05) is 12.4 Å². The van der Waals surface area contributed by atoms with Crippen molar-refractivity contribution in [1.82, 2.24) is 0 Å². The normalized spacial score (nSPS) is 13.3. The summed E-state index contributed by atoms with van der Waals surface area (Å²) in [6.45, 7) is 0.389. The Balaban J connectivity index is 2.34. The van der Waals surface area contributed by atoms with Crippen molar-refractivity contribution >= 4 is 12.6 Å². The number of alkyl halides is 3. The fourth-order valence-electron chi connectivity index (χ4n) is 1.55. The van der Waals surface area contributed by atoms with Gasteiger partial charge in [0.1, 0.15) is 5.75 Å². The van der Waals surface area contributed by atoms with Gasteiger partial charge in [0.05, 0.1) is 12.2 Å². The second-order valence-corrected chi connectivity index (χ2v) is 4.68. The van der Waals surface area contributed by atoms with E-state index in [0.29, 0.717) is 12.4 Å². The number of ether oxygens (including phenoxy) is 1. The molecule has 1 rings (SSSR count). The number of benzene rings is 1. The fraction of sp³-hybridized carbons (Fsp3) is 0.538. The van der Waals surface area contributed by atoms with Crippen LogP contribution in [0.5, 0.6) is 5.75 Å². The summed E-state index contributed by atoms with van der Waals surface area (Å²) in [6.07, 6.45) is -1.85. The first kappa shape index (κ1) is 16.2. The number of rotatable bonds is 7. The van der Waals surface area contributed by atoms with Gasteiger partial charge < -0.3 is 10.5 Å². The zero-order valence-corrected chi connectivity index (χ0v) is 11.4. The van der Waals surface area contributed by atoms with Crippen molar-refractivity contribution in [2.45, 2.75) is 31.5 Å². The molecule has 2 N–H and O–H groups in total. The SMILES string of the molecule is N[C@@H](CS)CCCCOc1cccc(C(F)(F)F)c1. The lowest BCUT2D eigenvalue weighted by Crippen LogP contribution is -2.21. The van der Waals surface area contributed by atoms with Crippen molar-refractivity contribution in [2.24, 2.45) is 5.73 Å². The molecule has 1 aromatic rings. The second kappa shape index (κ2) is 7.65. The van der Waals surface area contributed by atoms with Gasteiger partial charge in [0.25, 0.3) is 0 Å². The summed E-state index contributed by atoms with van der Waals surface area (Å²) >= 11 is 4.07. The molecule has 0 fully saturated rings. The Kier molecular flexibility index (Phi) is 6.51. The molecule has 108 valence electrons. The minimum Gasteiger partial charge on any atom is -0.494 e. The first-order valence-electron chi connectivity index (χ1n) is 6.10. The van der Waals surface area contributed by atoms with Gasteiger partial charge in [-0.25, -0.2) is 0 Å². The zero-order chi connectivity index (χ0) is 14.3. The monoisotopic (exact) mass is 293 g/mol. The van der Waals surface area contributed by atoms with Crippen molar-refractivity contribution in [3.8, 4) is 5.75 Å².